The molecule has 1 unspecified atom stereocenters. The Morgan fingerprint density at radius 2 is 2.00 bits per heavy atom. The fourth-order valence-electron chi connectivity index (χ4n) is 1.33. The Labute approximate surface area is 107 Å². The SMILES string of the molecule is CCCCSC(C)C(=O)c1ccc(Cl)cc1. The molecule has 0 heterocycles. The molecule has 0 saturated carbocycles. The lowest BCUT2D eigenvalue weighted by Crippen LogP contribution is -2.13. The number of carbonyl (C=O) groups is 1. The van der Waals surface area contributed by atoms with Gasteiger partial charge in [0.2, 0.25) is 0 Å². The van der Waals surface area contributed by atoms with Crippen LogP contribution in [0, 0.1) is 0 Å². The first-order chi connectivity index (χ1) is 7.65. The van der Waals surface area contributed by atoms with E-state index in [1.54, 1.807) is 36.0 Å². The van der Waals surface area contributed by atoms with Crippen LogP contribution in [-0.4, -0.2) is 16.8 Å². The predicted molar refractivity (Wildman–Crippen MR) is 72.6 cm³/mol. The summed E-state index contributed by atoms with van der Waals surface area (Å²) in [6, 6.07) is 7.11. The number of hydrogen-bond donors (Lipinski definition) is 0. The minimum absolute atomic E-state index is 0.0349. The first-order valence-electron chi connectivity index (χ1n) is 5.56. The Balaban J connectivity index is 2.53. The van der Waals surface area contributed by atoms with Crippen LogP contribution >= 0.6 is 23.4 Å². The van der Waals surface area contributed by atoms with Crippen LogP contribution in [0.1, 0.15) is 37.0 Å². The zero-order valence-electron chi connectivity index (χ0n) is 9.70. The number of carbonyl (C=O) groups excluding carboxylic acids is 1. The van der Waals surface area contributed by atoms with E-state index in [1.165, 1.54) is 12.8 Å². The van der Waals surface area contributed by atoms with Gasteiger partial charge in [-0.25, -0.2) is 0 Å². The van der Waals surface area contributed by atoms with Crippen molar-refractivity contribution in [1.82, 2.24) is 0 Å². The lowest BCUT2D eigenvalue weighted by Gasteiger charge is -2.09. The van der Waals surface area contributed by atoms with Crippen LogP contribution in [0.4, 0.5) is 0 Å². The first-order valence-corrected chi connectivity index (χ1v) is 6.99. The number of benzene rings is 1. The highest BCUT2D eigenvalue weighted by Gasteiger charge is 2.14. The highest BCUT2D eigenvalue weighted by atomic mass is 35.5. The van der Waals surface area contributed by atoms with Gasteiger partial charge in [0.1, 0.15) is 0 Å². The number of thioether (sulfide) groups is 1. The second kappa shape index (κ2) is 6.97. The Hall–Kier alpha value is -0.470. The van der Waals surface area contributed by atoms with Gasteiger partial charge >= 0.3 is 0 Å². The van der Waals surface area contributed by atoms with Crippen LogP contribution in [0.2, 0.25) is 5.02 Å². The van der Waals surface area contributed by atoms with Crippen molar-refractivity contribution in [3.63, 3.8) is 0 Å². The molecule has 0 N–H and O–H groups in total. The number of rotatable bonds is 6. The molecule has 0 amide bonds. The molecule has 0 aliphatic rings. The Kier molecular flexibility index (Phi) is 5.93. The minimum Gasteiger partial charge on any atom is -0.293 e. The molecule has 1 nitrogen and oxygen atoms in total. The molecule has 0 spiro atoms. The van der Waals surface area contributed by atoms with Crippen LogP contribution in [0.25, 0.3) is 0 Å². The number of hydrogen-bond acceptors (Lipinski definition) is 2. The van der Waals surface area contributed by atoms with Gasteiger partial charge in [0, 0.05) is 10.6 Å². The van der Waals surface area contributed by atoms with Crippen molar-refractivity contribution in [2.24, 2.45) is 0 Å². The van der Waals surface area contributed by atoms with Crippen molar-refractivity contribution in [3.8, 4) is 0 Å². The molecular weight excluding hydrogens is 240 g/mol. The quantitative estimate of drug-likeness (QED) is 0.553. The molecule has 0 aliphatic carbocycles. The van der Waals surface area contributed by atoms with Gasteiger partial charge in [0.25, 0.3) is 0 Å². The van der Waals surface area contributed by atoms with Crippen LogP contribution < -0.4 is 0 Å². The van der Waals surface area contributed by atoms with E-state index in [0.717, 1.165) is 11.3 Å². The number of unbranched alkanes of at least 4 members (excludes halogenated alkanes) is 1. The Morgan fingerprint density at radius 1 is 1.38 bits per heavy atom. The maximum absolute atomic E-state index is 12.0. The van der Waals surface area contributed by atoms with Gasteiger partial charge in [0.15, 0.2) is 5.78 Å². The van der Waals surface area contributed by atoms with Crippen molar-refractivity contribution in [2.75, 3.05) is 5.75 Å². The number of ketones is 1. The van der Waals surface area contributed by atoms with Crippen molar-refractivity contribution in [3.05, 3.63) is 34.9 Å². The Bertz CT molecular complexity index is 334. The number of halogens is 1. The zero-order chi connectivity index (χ0) is 12.0. The molecule has 0 radical (unpaired) electrons. The summed E-state index contributed by atoms with van der Waals surface area (Å²) in [7, 11) is 0. The lowest BCUT2D eigenvalue weighted by molar-refractivity contribution is 0.0994. The molecule has 16 heavy (non-hydrogen) atoms. The third-order valence-electron chi connectivity index (χ3n) is 2.36. The van der Waals surface area contributed by atoms with E-state index in [2.05, 4.69) is 6.92 Å². The van der Waals surface area contributed by atoms with Crippen molar-refractivity contribution < 1.29 is 4.79 Å². The average Bonchev–Trinajstić information content (AvgIpc) is 2.29. The maximum Gasteiger partial charge on any atom is 0.175 e. The summed E-state index contributed by atoms with van der Waals surface area (Å²) in [5.74, 6) is 1.24. The van der Waals surface area contributed by atoms with Crippen molar-refractivity contribution >= 4 is 29.1 Å². The molecule has 0 saturated heterocycles. The smallest absolute Gasteiger partial charge is 0.175 e. The van der Waals surface area contributed by atoms with Gasteiger partial charge in [-0.3, -0.25) is 4.79 Å². The normalized spacial score (nSPS) is 12.4. The molecule has 1 aromatic carbocycles. The van der Waals surface area contributed by atoms with Gasteiger partial charge in [-0.1, -0.05) is 24.9 Å². The molecule has 3 heteroatoms. The second-order valence-electron chi connectivity index (χ2n) is 3.74. The van der Waals surface area contributed by atoms with Crippen molar-refractivity contribution in [1.29, 1.82) is 0 Å². The highest BCUT2D eigenvalue weighted by Crippen LogP contribution is 2.19. The molecule has 0 aliphatic heterocycles. The highest BCUT2D eigenvalue weighted by molar-refractivity contribution is 8.00. The summed E-state index contributed by atoms with van der Waals surface area (Å²) in [4.78, 5) is 12.0. The minimum atomic E-state index is 0.0349. The monoisotopic (exact) mass is 256 g/mol. The van der Waals surface area contributed by atoms with E-state index in [1.807, 2.05) is 6.92 Å². The maximum atomic E-state index is 12.0. The van der Waals surface area contributed by atoms with Gasteiger partial charge in [-0.2, -0.15) is 11.8 Å². The van der Waals surface area contributed by atoms with Crippen molar-refractivity contribution in [2.45, 2.75) is 31.9 Å². The van der Waals surface area contributed by atoms with Crippen LogP contribution in [0.3, 0.4) is 0 Å². The van der Waals surface area contributed by atoms with E-state index in [0.29, 0.717) is 5.02 Å². The molecular formula is C13H17ClOS. The van der Waals surface area contributed by atoms with E-state index in [-0.39, 0.29) is 11.0 Å². The van der Waals surface area contributed by atoms with Gasteiger partial charge in [0.05, 0.1) is 5.25 Å². The fraction of sp³-hybridized carbons (Fsp3) is 0.462. The standard InChI is InChI=1S/C13H17ClOS/c1-3-4-9-16-10(2)13(15)11-5-7-12(14)8-6-11/h5-8,10H,3-4,9H2,1-2H3. The van der Waals surface area contributed by atoms with Gasteiger partial charge < -0.3 is 0 Å². The third kappa shape index (κ3) is 4.18. The number of Topliss-reactive ketones (excluding diaryl/α,β-unsaturated/α-hetero) is 1. The molecule has 0 aromatic heterocycles. The summed E-state index contributed by atoms with van der Waals surface area (Å²) in [6.45, 7) is 4.13. The Morgan fingerprint density at radius 3 is 2.56 bits per heavy atom. The van der Waals surface area contributed by atoms with E-state index >= 15 is 0 Å². The topological polar surface area (TPSA) is 17.1 Å². The molecule has 0 fully saturated rings. The molecule has 88 valence electrons. The summed E-state index contributed by atoms with van der Waals surface area (Å²) < 4.78 is 0. The first kappa shape index (κ1) is 13.6. The zero-order valence-corrected chi connectivity index (χ0v) is 11.3. The van der Waals surface area contributed by atoms with E-state index in [4.69, 9.17) is 11.6 Å². The summed E-state index contributed by atoms with van der Waals surface area (Å²) in [5, 5.41) is 0.704. The van der Waals surface area contributed by atoms with Gasteiger partial charge in [-0.15, -0.1) is 0 Å². The molecule has 1 atom stereocenters. The van der Waals surface area contributed by atoms with Crippen LogP contribution in [-0.2, 0) is 0 Å². The fourth-order valence-corrected chi connectivity index (χ4v) is 2.55. The third-order valence-corrected chi connectivity index (χ3v) is 3.85. The molecule has 1 aromatic rings. The van der Waals surface area contributed by atoms with Crippen LogP contribution in [0.15, 0.2) is 24.3 Å². The largest absolute Gasteiger partial charge is 0.293 e. The van der Waals surface area contributed by atoms with Crippen LogP contribution in [0.5, 0.6) is 0 Å². The summed E-state index contributed by atoms with van der Waals surface area (Å²) in [5.41, 5.74) is 0.751. The van der Waals surface area contributed by atoms with E-state index in [9.17, 15) is 4.79 Å². The van der Waals surface area contributed by atoms with E-state index < -0.39 is 0 Å². The summed E-state index contributed by atoms with van der Waals surface area (Å²) in [6.07, 6.45) is 2.34. The lowest BCUT2D eigenvalue weighted by atomic mass is 10.1. The van der Waals surface area contributed by atoms with Gasteiger partial charge in [-0.05, 0) is 43.4 Å². The predicted octanol–water partition coefficient (Wildman–Crippen LogP) is 4.44. The molecule has 1 rings (SSSR count). The molecule has 0 bridgehead atoms. The summed E-state index contributed by atoms with van der Waals surface area (Å²) >= 11 is 7.51. The second-order valence-corrected chi connectivity index (χ2v) is 5.62. The average molecular weight is 257 g/mol.